The van der Waals surface area contributed by atoms with Crippen LogP contribution in [-0.4, -0.2) is 22.3 Å². The van der Waals surface area contributed by atoms with Gasteiger partial charge in [0.25, 0.3) is 0 Å². The van der Waals surface area contributed by atoms with Crippen molar-refractivity contribution in [2.24, 2.45) is 11.8 Å². The van der Waals surface area contributed by atoms with E-state index in [1.807, 2.05) is 0 Å². The molecule has 1 aromatic rings. The van der Waals surface area contributed by atoms with Gasteiger partial charge in [0.1, 0.15) is 17.3 Å². The molecule has 4 nitrogen and oxygen atoms in total. The van der Waals surface area contributed by atoms with Gasteiger partial charge in [-0.25, -0.2) is 9.97 Å². The zero-order valence-electron chi connectivity index (χ0n) is 9.98. The minimum absolute atomic E-state index is 0.205. The van der Waals surface area contributed by atoms with Gasteiger partial charge in [0.2, 0.25) is 0 Å². The first-order chi connectivity index (χ1) is 8.13. The van der Waals surface area contributed by atoms with E-state index in [2.05, 4.69) is 29.1 Å². The Hall–Kier alpha value is -1.16. The maximum Gasteiger partial charge on any atom is 0.156 e. The Morgan fingerprint density at radius 3 is 2.76 bits per heavy atom. The maximum absolute atomic E-state index is 11.0. The summed E-state index contributed by atoms with van der Waals surface area (Å²) in [6.45, 7) is 4.47. The summed E-state index contributed by atoms with van der Waals surface area (Å²) >= 11 is 5.86. The third-order valence-corrected chi connectivity index (χ3v) is 4.04. The molecule has 1 N–H and O–H groups in total. The summed E-state index contributed by atoms with van der Waals surface area (Å²) in [5.74, 6) is 1.82. The first-order valence-electron chi connectivity index (χ1n) is 5.85. The number of nitrogens with zero attached hydrogens (tertiary/aromatic N) is 2. The van der Waals surface area contributed by atoms with Crippen LogP contribution < -0.4 is 5.32 Å². The van der Waals surface area contributed by atoms with Crippen LogP contribution in [-0.2, 0) is 0 Å². The average molecular weight is 254 g/mol. The van der Waals surface area contributed by atoms with Crippen molar-refractivity contribution < 1.29 is 4.79 Å². The molecule has 2 rings (SSSR count). The monoisotopic (exact) mass is 253 g/mol. The lowest BCUT2D eigenvalue weighted by atomic mass is 9.98. The number of nitrogens with one attached hydrogen (secondary N) is 1. The van der Waals surface area contributed by atoms with Crippen LogP contribution in [0.4, 0.5) is 5.82 Å². The van der Waals surface area contributed by atoms with Crippen molar-refractivity contribution in [2.45, 2.75) is 32.7 Å². The highest BCUT2D eigenvalue weighted by atomic mass is 35.5. The second kappa shape index (κ2) is 5.00. The number of anilines is 1. The van der Waals surface area contributed by atoms with Crippen molar-refractivity contribution in [2.75, 3.05) is 5.32 Å². The molecule has 1 saturated carbocycles. The molecule has 1 aliphatic rings. The molecule has 1 aliphatic carbocycles. The lowest BCUT2D eigenvalue weighted by Crippen LogP contribution is -2.25. The van der Waals surface area contributed by atoms with Crippen molar-refractivity contribution in [3.05, 3.63) is 17.0 Å². The Balaban J connectivity index is 2.19. The Bertz CT molecular complexity index is 424. The second-order valence-corrected chi connectivity index (χ2v) is 5.07. The van der Waals surface area contributed by atoms with E-state index in [1.165, 1.54) is 12.7 Å². The summed E-state index contributed by atoms with van der Waals surface area (Å²) in [5.41, 5.74) is 0.348. The second-order valence-electron chi connectivity index (χ2n) is 4.71. The number of hydrogen-bond acceptors (Lipinski definition) is 4. The van der Waals surface area contributed by atoms with E-state index >= 15 is 0 Å². The van der Waals surface area contributed by atoms with Gasteiger partial charge in [0.05, 0.1) is 5.56 Å². The van der Waals surface area contributed by atoms with Crippen LogP contribution in [0, 0.1) is 11.8 Å². The molecule has 3 atom stereocenters. The molecule has 17 heavy (non-hydrogen) atoms. The smallest absolute Gasteiger partial charge is 0.156 e. The Morgan fingerprint density at radius 1 is 1.41 bits per heavy atom. The molecular formula is C12H16ClN3O. The van der Waals surface area contributed by atoms with Crippen LogP contribution in [0.2, 0.25) is 5.15 Å². The normalized spacial score (nSPS) is 28.1. The molecule has 1 heterocycles. The largest absolute Gasteiger partial charge is 0.366 e. The molecule has 0 aliphatic heterocycles. The highest BCUT2D eigenvalue weighted by molar-refractivity contribution is 6.32. The minimum atomic E-state index is 0.205. The quantitative estimate of drug-likeness (QED) is 0.665. The standard InChI is InChI=1S/C12H16ClN3O/c1-7-3-4-10(8(7)2)16-12-9(5-17)11(13)14-6-15-12/h5-8,10H,3-4H2,1-2H3,(H,14,15,16). The molecule has 3 unspecified atom stereocenters. The van der Waals surface area contributed by atoms with Gasteiger partial charge in [-0.3, -0.25) is 4.79 Å². The molecule has 0 amide bonds. The molecular weight excluding hydrogens is 238 g/mol. The van der Waals surface area contributed by atoms with Gasteiger partial charge in [-0.2, -0.15) is 0 Å². The zero-order valence-corrected chi connectivity index (χ0v) is 10.7. The van der Waals surface area contributed by atoms with Crippen molar-refractivity contribution in [3.63, 3.8) is 0 Å². The number of halogens is 1. The molecule has 0 aromatic carbocycles. The van der Waals surface area contributed by atoms with Crippen LogP contribution in [0.25, 0.3) is 0 Å². The number of aldehydes is 1. The summed E-state index contributed by atoms with van der Waals surface area (Å²) in [7, 11) is 0. The highest BCUT2D eigenvalue weighted by Crippen LogP contribution is 2.33. The van der Waals surface area contributed by atoms with Crippen molar-refractivity contribution in [1.82, 2.24) is 9.97 Å². The van der Waals surface area contributed by atoms with Gasteiger partial charge < -0.3 is 5.32 Å². The predicted octanol–water partition coefficient (Wildman–Crippen LogP) is 2.79. The van der Waals surface area contributed by atoms with Gasteiger partial charge >= 0.3 is 0 Å². The molecule has 1 aromatic heterocycles. The average Bonchev–Trinajstić information content (AvgIpc) is 2.61. The molecule has 0 spiro atoms. The van der Waals surface area contributed by atoms with Gasteiger partial charge in [0.15, 0.2) is 6.29 Å². The summed E-state index contributed by atoms with van der Waals surface area (Å²) in [4.78, 5) is 18.9. The number of aromatic nitrogens is 2. The number of hydrogen-bond donors (Lipinski definition) is 1. The molecule has 0 saturated heterocycles. The fourth-order valence-corrected chi connectivity index (χ4v) is 2.52. The summed E-state index contributed by atoms with van der Waals surface area (Å²) in [6, 6.07) is 0.356. The third kappa shape index (κ3) is 2.41. The summed E-state index contributed by atoms with van der Waals surface area (Å²) in [6.07, 6.45) is 4.38. The van der Waals surface area contributed by atoms with Crippen molar-refractivity contribution in [1.29, 1.82) is 0 Å². The fourth-order valence-electron chi connectivity index (χ4n) is 2.34. The van der Waals surface area contributed by atoms with Crippen LogP contribution in [0.5, 0.6) is 0 Å². The molecule has 5 heteroatoms. The van der Waals surface area contributed by atoms with E-state index < -0.39 is 0 Å². The van der Waals surface area contributed by atoms with E-state index in [4.69, 9.17) is 11.6 Å². The van der Waals surface area contributed by atoms with E-state index in [1.54, 1.807) is 0 Å². The van der Waals surface area contributed by atoms with Crippen molar-refractivity contribution in [3.8, 4) is 0 Å². The van der Waals surface area contributed by atoms with E-state index in [9.17, 15) is 4.79 Å². The fraction of sp³-hybridized carbons (Fsp3) is 0.583. The molecule has 0 radical (unpaired) electrons. The lowest BCUT2D eigenvalue weighted by molar-refractivity contribution is 0.112. The Kier molecular flexibility index (Phi) is 3.62. The number of carbonyl (C=O) groups excluding carboxylic acids is 1. The van der Waals surface area contributed by atoms with Crippen LogP contribution in [0.3, 0.4) is 0 Å². The summed E-state index contributed by atoms with van der Waals surface area (Å²) < 4.78 is 0. The van der Waals surface area contributed by atoms with Gasteiger partial charge in [-0.1, -0.05) is 25.4 Å². The molecule has 1 fully saturated rings. The topological polar surface area (TPSA) is 54.9 Å². The van der Waals surface area contributed by atoms with E-state index in [-0.39, 0.29) is 5.15 Å². The first-order valence-corrected chi connectivity index (χ1v) is 6.23. The lowest BCUT2D eigenvalue weighted by Gasteiger charge is -2.20. The Morgan fingerprint density at radius 2 is 2.18 bits per heavy atom. The van der Waals surface area contributed by atoms with Gasteiger partial charge in [-0.05, 0) is 24.7 Å². The van der Waals surface area contributed by atoms with E-state index in [0.717, 1.165) is 6.42 Å². The summed E-state index contributed by atoms with van der Waals surface area (Å²) in [5, 5.41) is 3.52. The molecule has 92 valence electrons. The molecule has 0 bridgehead atoms. The predicted molar refractivity (Wildman–Crippen MR) is 67.4 cm³/mol. The van der Waals surface area contributed by atoms with E-state index in [0.29, 0.717) is 35.5 Å². The third-order valence-electron chi connectivity index (χ3n) is 3.74. The van der Waals surface area contributed by atoms with Crippen LogP contribution >= 0.6 is 11.6 Å². The van der Waals surface area contributed by atoms with Gasteiger partial charge in [-0.15, -0.1) is 0 Å². The highest BCUT2D eigenvalue weighted by Gasteiger charge is 2.30. The number of rotatable bonds is 3. The van der Waals surface area contributed by atoms with Crippen LogP contribution in [0.15, 0.2) is 6.33 Å². The van der Waals surface area contributed by atoms with Gasteiger partial charge in [0, 0.05) is 6.04 Å². The maximum atomic E-state index is 11.0. The Labute approximate surface area is 106 Å². The minimum Gasteiger partial charge on any atom is -0.366 e. The SMILES string of the molecule is CC1CCC(Nc2ncnc(Cl)c2C=O)C1C. The van der Waals surface area contributed by atoms with Crippen LogP contribution in [0.1, 0.15) is 37.0 Å². The van der Waals surface area contributed by atoms with Crippen molar-refractivity contribution >= 4 is 23.7 Å². The first kappa shape index (κ1) is 12.3. The zero-order chi connectivity index (χ0) is 12.4. The number of carbonyl (C=O) groups is 1.